The van der Waals surface area contributed by atoms with Crippen molar-refractivity contribution in [1.82, 2.24) is 20.0 Å². The van der Waals surface area contributed by atoms with E-state index in [1.165, 1.54) is 0 Å². The molecule has 128 valence electrons. The number of likely N-dealkylation sites (tertiary alicyclic amines) is 1. The van der Waals surface area contributed by atoms with Gasteiger partial charge in [-0.15, -0.1) is 0 Å². The molecule has 0 aromatic carbocycles. The number of aryl methyl sites for hydroxylation is 1. The number of hydrogen-bond donors (Lipinski definition) is 1. The number of piperidine rings is 1. The van der Waals surface area contributed by atoms with Crippen LogP contribution in [0.5, 0.6) is 0 Å². The van der Waals surface area contributed by atoms with E-state index in [0.29, 0.717) is 19.1 Å². The monoisotopic (exact) mass is 320 g/mol. The van der Waals surface area contributed by atoms with Gasteiger partial charge in [0.25, 0.3) is 0 Å². The Labute approximate surface area is 138 Å². The van der Waals surface area contributed by atoms with Crippen molar-refractivity contribution in [2.24, 2.45) is 7.05 Å². The lowest BCUT2D eigenvalue weighted by molar-refractivity contribution is -0.139. The first-order chi connectivity index (χ1) is 11.1. The maximum atomic E-state index is 12.5. The molecule has 1 aromatic rings. The molecule has 1 saturated carbocycles. The number of aromatic nitrogens is 2. The molecule has 1 aliphatic carbocycles. The Kier molecular flexibility index (Phi) is 5.02. The summed E-state index contributed by atoms with van der Waals surface area (Å²) in [6, 6.07) is 3.04. The first-order valence-electron chi connectivity index (χ1n) is 8.74. The van der Waals surface area contributed by atoms with E-state index in [1.807, 2.05) is 30.9 Å². The Morgan fingerprint density at radius 1 is 1.43 bits per heavy atom. The minimum Gasteiger partial charge on any atom is -0.380 e. The fraction of sp³-hybridized carbons (Fsp3) is 0.765. The van der Waals surface area contributed by atoms with Crippen LogP contribution in [-0.2, 0) is 16.6 Å². The van der Waals surface area contributed by atoms with Gasteiger partial charge >= 0.3 is 0 Å². The van der Waals surface area contributed by atoms with Gasteiger partial charge in [0.15, 0.2) is 0 Å². The molecule has 6 nitrogen and oxygen atoms in total. The molecule has 1 N–H and O–H groups in total. The van der Waals surface area contributed by atoms with Gasteiger partial charge < -0.3 is 15.0 Å². The van der Waals surface area contributed by atoms with Crippen molar-refractivity contribution in [3.8, 4) is 0 Å². The molecule has 2 aliphatic rings. The van der Waals surface area contributed by atoms with Gasteiger partial charge in [-0.3, -0.25) is 9.48 Å². The van der Waals surface area contributed by atoms with Crippen molar-refractivity contribution >= 4 is 5.91 Å². The quantitative estimate of drug-likeness (QED) is 0.829. The van der Waals surface area contributed by atoms with Gasteiger partial charge in [0.1, 0.15) is 0 Å². The lowest BCUT2D eigenvalue weighted by atomic mass is 9.92. The van der Waals surface area contributed by atoms with E-state index in [1.54, 1.807) is 0 Å². The number of ether oxygens (including phenoxy) is 1. The molecule has 0 spiro atoms. The molecule has 2 fully saturated rings. The Hall–Kier alpha value is -1.40. The van der Waals surface area contributed by atoms with Gasteiger partial charge in [-0.2, -0.15) is 5.10 Å². The molecule has 6 heteroatoms. The average Bonchev–Trinajstić information content (AvgIpc) is 3.28. The van der Waals surface area contributed by atoms with E-state index < -0.39 is 0 Å². The lowest BCUT2D eigenvalue weighted by Crippen LogP contribution is -2.54. The van der Waals surface area contributed by atoms with E-state index in [2.05, 4.69) is 22.2 Å². The van der Waals surface area contributed by atoms with Gasteiger partial charge in [0.05, 0.1) is 18.3 Å². The number of carbonyl (C=O) groups excluding carboxylic acids is 1. The average molecular weight is 320 g/mol. The fourth-order valence-electron chi connectivity index (χ4n) is 3.60. The molecule has 1 aliphatic heterocycles. The fourth-order valence-corrected chi connectivity index (χ4v) is 3.60. The van der Waals surface area contributed by atoms with Crippen LogP contribution >= 0.6 is 0 Å². The van der Waals surface area contributed by atoms with Crippen molar-refractivity contribution < 1.29 is 9.53 Å². The summed E-state index contributed by atoms with van der Waals surface area (Å²) in [7, 11) is 1.96. The second kappa shape index (κ2) is 7.01. The van der Waals surface area contributed by atoms with Gasteiger partial charge in [0, 0.05) is 44.4 Å². The normalized spacial score (nSPS) is 26.6. The molecule has 1 unspecified atom stereocenters. The maximum Gasteiger partial charge on any atom is 0.223 e. The van der Waals surface area contributed by atoms with Crippen molar-refractivity contribution in [2.45, 2.75) is 63.7 Å². The summed E-state index contributed by atoms with van der Waals surface area (Å²) in [6.07, 6.45) is 5.57. The maximum absolute atomic E-state index is 12.5. The molecule has 3 atom stereocenters. The standard InChI is InChI=1S/C17H28N4O2/c1-4-23-11-12(2)19-14-7-8-16(22)21(13-5-6-13)17(14)15-9-10-18-20(15)3/h9-10,12-14,17,19H,4-8,11H2,1-3H3/t12?,14-,17-/m1/s1. The summed E-state index contributed by atoms with van der Waals surface area (Å²) in [5.74, 6) is 0.286. The second-order valence-electron chi connectivity index (χ2n) is 6.73. The van der Waals surface area contributed by atoms with Crippen LogP contribution < -0.4 is 5.32 Å². The highest BCUT2D eigenvalue weighted by atomic mass is 16.5. The van der Waals surface area contributed by atoms with Crippen LogP contribution in [0.4, 0.5) is 0 Å². The predicted molar refractivity (Wildman–Crippen MR) is 87.9 cm³/mol. The Morgan fingerprint density at radius 3 is 2.83 bits per heavy atom. The smallest absolute Gasteiger partial charge is 0.223 e. The molecular weight excluding hydrogens is 292 g/mol. The molecular formula is C17H28N4O2. The molecule has 1 saturated heterocycles. The third kappa shape index (κ3) is 3.58. The zero-order chi connectivity index (χ0) is 16.4. The van der Waals surface area contributed by atoms with Crippen LogP contribution in [0.15, 0.2) is 12.3 Å². The second-order valence-corrected chi connectivity index (χ2v) is 6.73. The largest absolute Gasteiger partial charge is 0.380 e. The van der Waals surface area contributed by atoms with E-state index in [-0.39, 0.29) is 24.0 Å². The Morgan fingerprint density at radius 2 is 2.22 bits per heavy atom. The highest BCUT2D eigenvalue weighted by molar-refractivity contribution is 5.78. The summed E-state index contributed by atoms with van der Waals surface area (Å²) in [4.78, 5) is 14.7. The molecule has 0 bridgehead atoms. The van der Waals surface area contributed by atoms with Gasteiger partial charge in [-0.05, 0) is 39.2 Å². The van der Waals surface area contributed by atoms with Crippen molar-refractivity contribution in [3.05, 3.63) is 18.0 Å². The predicted octanol–water partition coefficient (Wildman–Crippen LogP) is 1.63. The minimum atomic E-state index is 0.0697. The number of nitrogens with zero attached hydrogens (tertiary/aromatic N) is 3. The van der Waals surface area contributed by atoms with E-state index in [0.717, 1.165) is 31.6 Å². The summed E-state index contributed by atoms with van der Waals surface area (Å²) in [5.41, 5.74) is 1.12. The van der Waals surface area contributed by atoms with Crippen LogP contribution in [0.3, 0.4) is 0 Å². The summed E-state index contributed by atoms with van der Waals surface area (Å²) >= 11 is 0. The minimum absolute atomic E-state index is 0.0697. The van der Waals surface area contributed by atoms with Crippen LogP contribution in [0, 0.1) is 0 Å². The zero-order valence-electron chi connectivity index (χ0n) is 14.4. The molecule has 3 rings (SSSR count). The van der Waals surface area contributed by atoms with Crippen molar-refractivity contribution in [2.75, 3.05) is 13.2 Å². The number of rotatable bonds is 7. The lowest BCUT2D eigenvalue weighted by Gasteiger charge is -2.42. The summed E-state index contributed by atoms with van der Waals surface area (Å²) < 4.78 is 7.44. The first kappa shape index (κ1) is 16.5. The van der Waals surface area contributed by atoms with Gasteiger partial charge in [-0.1, -0.05) is 0 Å². The van der Waals surface area contributed by atoms with Crippen LogP contribution in [0.25, 0.3) is 0 Å². The number of carbonyl (C=O) groups is 1. The van der Waals surface area contributed by atoms with Gasteiger partial charge in [-0.25, -0.2) is 0 Å². The Bertz CT molecular complexity index is 540. The molecule has 0 radical (unpaired) electrons. The third-order valence-corrected chi connectivity index (χ3v) is 4.81. The summed E-state index contributed by atoms with van der Waals surface area (Å²) in [6.45, 7) is 5.59. The third-order valence-electron chi connectivity index (χ3n) is 4.81. The van der Waals surface area contributed by atoms with Gasteiger partial charge in [0.2, 0.25) is 5.91 Å². The molecule has 2 heterocycles. The molecule has 1 amide bonds. The van der Waals surface area contributed by atoms with Crippen molar-refractivity contribution in [1.29, 1.82) is 0 Å². The van der Waals surface area contributed by atoms with Crippen LogP contribution in [-0.4, -0.2) is 51.9 Å². The van der Waals surface area contributed by atoms with Crippen LogP contribution in [0.2, 0.25) is 0 Å². The number of amides is 1. The van der Waals surface area contributed by atoms with E-state index in [4.69, 9.17) is 4.74 Å². The van der Waals surface area contributed by atoms with E-state index in [9.17, 15) is 4.79 Å². The SMILES string of the molecule is CCOCC(C)N[C@@H]1CCC(=O)N(C2CC2)[C@H]1c1ccnn1C. The number of nitrogens with one attached hydrogen (secondary N) is 1. The zero-order valence-corrected chi connectivity index (χ0v) is 14.4. The highest BCUT2D eigenvalue weighted by Gasteiger charge is 2.45. The first-order valence-corrected chi connectivity index (χ1v) is 8.74. The summed E-state index contributed by atoms with van der Waals surface area (Å²) in [5, 5.41) is 8.01. The number of hydrogen-bond acceptors (Lipinski definition) is 4. The molecule has 1 aromatic heterocycles. The van der Waals surface area contributed by atoms with Crippen molar-refractivity contribution in [3.63, 3.8) is 0 Å². The Balaban J connectivity index is 1.81. The molecule has 23 heavy (non-hydrogen) atoms. The van der Waals surface area contributed by atoms with E-state index >= 15 is 0 Å². The van der Waals surface area contributed by atoms with Crippen LogP contribution in [0.1, 0.15) is 51.3 Å². The highest BCUT2D eigenvalue weighted by Crippen LogP contribution is 2.40. The topological polar surface area (TPSA) is 59.4 Å².